The molecule has 0 bridgehead atoms. The van der Waals surface area contributed by atoms with E-state index in [1.807, 2.05) is 17.0 Å². The number of fused-ring (bicyclic) bond motifs is 1. The molecule has 7 heteroatoms. The minimum atomic E-state index is 0.00889. The number of hydrogen-bond acceptors (Lipinski definition) is 6. The Hall–Kier alpha value is -3.61. The third-order valence-electron chi connectivity index (χ3n) is 6.28. The van der Waals surface area contributed by atoms with E-state index < -0.39 is 0 Å². The number of rotatable bonds is 3. The first kappa shape index (κ1) is 20.3. The summed E-state index contributed by atoms with van der Waals surface area (Å²) in [5.74, 6) is 2.16. The number of nitrogens with zero attached hydrogens (tertiary/aromatic N) is 4. The molecule has 0 aliphatic carbocycles. The zero-order chi connectivity index (χ0) is 22.2. The molecule has 0 N–H and O–H groups in total. The molecule has 2 aliphatic rings. The predicted molar refractivity (Wildman–Crippen MR) is 122 cm³/mol. The zero-order valence-electron chi connectivity index (χ0n) is 18.6. The first-order chi connectivity index (χ1) is 15.5. The first-order valence-corrected chi connectivity index (χ1v) is 10.9. The maximum atomic E-state index is 12.9. The smallest absolute Gasteiger partial charge is 0.254 e. The monoisotopic (exact) mass is 430 g/mol. The number of aromatic nitrogens is 2. The van der Waals surface area contributed by atoms with Crippen LogP contribution in [0.25, 0.3) is 11.3 Å². The Labute approximate surface area is 187 Å². The van der Waals surface area contributed by atoms with Gasteiger partial charge in [-0.1, -0.05) is 6.07 Å². The number of anilines is 1. The van der Waals surface area contributed by atoms with Crippen molar-refractivity contribution >= 4 is 11.7 Å². The van der Waals surface area contributed by atoms with Crippen LogP contribution in [0.5, 0.6) is 11.5 Å². The van der Waals surface area contributed by atoms with Crippen LogP contribution >= 0.6 is 0 Å². The summed E-state index contributed by atoms with van der Waals surface area (Å²) in [4.78, 5) is 17.0. The molecule has 2 aromatic carbocycles. The second kappa shape index (κ2) is 8.15. The van der Waals surface area contributed by atoms with E-state index in [1.54, 1.807) is 18.2 Å². The quantitative estimate of drug-likeness (QED) is 0.630. The molecular weight excluding hydrogens is 404 g/mol. The molecule has 3 aromatic rings. The molecule has 32 heavy (non-hydrogen) atoms. The molecule has 1 saturated heterocycles. The molecule has 2 aliphatic heterocycles. The fourth-order valence-electron chi connectivity index (χ4n) is 4.22. The second-order valence-electron chi connectivity index (χ2n) is 8.38. The number of piperazine rings is 1. The Balaban J connectivity index is 1.24. The van der Waals surface area contributed by atoms with Crippen molar-refractivity contribution in [2.24, 2.45) is 0 Å². The second-order valence-corrected chi connectivity index (χ2v) is 8.38. The highest BCUT2D eigenvalue weighted by Gasteiger charge is 2.25. The molecule has 0 saturated carbocycles. The molecular formula is C25H26N4O3. The topological polar surface area (TPSA) is 67.8 Å². The lowest BCUT2D eigenvalue weighted by molar-refractivity contribution is 0.0746. The van der Waals surface area contributed by atoms with E-state index in [0.717, 1.165) is 17.1 Å². The van der Waals surface area contributed by atoms with Crippen LogP contribution in [0.15, 0.2) is 42.5 Å². The molecule has 0 atom stereocenters. The molecule has 164 valence electrons. The van der Waals surface area contributed by atoms with E-state index in [0.29, 0.717) is 43.2 Å². The van der Waals surface area contributed by atoms with Gasteiger partial charge in [-0.15, -0.1) is 10.2 Å². The van der Waals surface area contributed by atoms with Crippen molar-refractivity contribution in [3.05, 3.63) is 64.7 Å². The summed E-state index contributed by atoms with van der Waals surface area (Å²) < 4.78 is 10.7. The van der Waals surface area contributed by atoms with Crippen LogP contribution in [0.2, 0.25) is 0 Å². The molecule has 3 heterocycles. The van der Waals surface area contributed by atoms with E-state index in [-0.39, 0.29) is 12.7 Å². The van der Waals surface area contributed by atoms with Gasteiger partial charge >= 0.3 is 0 Å². The largest absolute Gasteiger partial charge is 0.454 e. The predicted octanol–water partition coefficient (Wildman–Crippen LogP) is 3.76. The lowest BCUT2D eigenvalue weighted by atomic mass is 9.99. The normalized spacial score (nSPS) is 15.2. The van der Waals surface area contributed by atoms with Gasteiger partial charge in [0.2, 0.25) is 6.79 Å². The molecule has 0 unspecified atom stereocenters. The van der Waals surface area contributed by atoms with Crippen molar-refractivity contribution in [2.75, 3.05) is 37.9 Å². The zero-order valence-corrected chi connectivity index (χ0v) is 18.6. The Morgan fingerprint density at radius 2 is 1.56 bits per heavy atom. The van der Waals surface area contributed by atoms with Gasteiger partial charge in [0, 0.05) is 37.3 Å². The number of amides is 1. The maximum Gasteiger partial charge on any atom is 0.254 e. The number of carbonyl (C=O) groups excluding carboxylic acids is 1. The van der Waals surface area contributed by atoms with Crippen LogP contribution in [0.1, 0.15) is 27.0 Å². The molecule has 1 aromatic heterocycles. The SMILES string of the molecule is Cc1cc(C)c(-c2ccc(N3CCN(C(=O)c4ccc5c(c4)OCO5)CC3)nn2)cc1C. The summed E-state index contributed by atoms with van der Waals surface area (Å²) in [6.45, 7) is 9.24. The molecule has 1 amide bonds. The van der Waals surface area contributed by atoms with Crippen LogP contribution in [-0.4, -0.2) is 54.0 Å². The third-order valence-corrected chi connectivity index (χ3v) is 6.28. The Morgan fingerprint density at radius 1 is 0.812 bits per heavy atom. The summed E-state index contributed by atoms with van der Waals surface area (Å²) in [7, 11) is 0. The van der Waals surface area contributed by atoms with Gasteiger partial charge < -0.3 is 19.3 Å². The number of carbonyl (C=O) groups is 1. The summed E-state index contributed by atoms with van der Waals surface area (Å²) in [6, 6.07) is 13.8. The summed E-state index contributed by atoms with van der Waals surface area (Å²) in [6.07, 6.45) is 0. The van der Waals surface area contributed by atoms with Crippen molar-refractivity contribution in [1.29, 1.82) is 0 Å². The van der Waals surface area contributed by atoms with E-state index >= 15 is 0 Å². The number of aryl methyl sites for hydroxylation is 3. The van der Waals surface area contributed by atoms with Crippen molar-refractivity contribution in [3.8, 4) is 22.8 Å². The van der Waals surface area contributed by atoms with E-state index in [9.17, 15) is 4.79 Å². The van der Waals surface area contributed by atoms with Gasteiger partial charge in [-0.2, -0.15) is 0 Å². The average molecular weight is 431 g/mol. The minimum absolute atomic E-state index is 0.00889. The van der Waals surface area contributed by atoms with Crippen LogP contribution in [-0.2, 0) is 0 Å². The first-order valence-electron chi connectivity index (χ1n) is 10.9. The van der Waals surface area contributed by atoms with E-state index in [2.05, 4.69) is 48.0 Å². The van der Waals surface area contributed by atoms with Gasteiger partial charge in [-0.25, -0.2) is 0 Å². The summed E-state index contributed by atoms with van der Waals surface area (Å²) in [5, 5.41) is 8.97. The highest BCUT2D eigenvalue weighted by Crippen LogP contribution is 2.33. The molecule has 5 rings (SSSR count). The van der Waals surface area contributed by atoms with Crippen molar-refractivity contribution in [1.82, 2.24) is 15.1 Å². The molecule has 1 fully saturated rings. The molecule has 7 nitrogen and oxygen atoms in total. The van der Waals surface area contributed by atoms with Gasteiger partial charge in [0.25, 0.3) is 5.91 Å². The highest BCUT2D eigenvalue weighted by molar-refractivity contribution is 5.95. The highest BCUT2D eigenvalue weighted by atomic mass is 16.7. The third kappa shape index (κ3) is 3.75. The fraction of sp³-hybridized carbons (Fsp3) is 0.320. The molecule has 0 spiro atoms. The van der Waals surface area contributed by atoms with E-state index in [1.165, 1.54) is 16.7 Å². The van der Waals surface area contributed by atoms with Gasteiger partial charge in [0.05, 0.1) is 5.69 Å². The van der Waals surface area contributed by atoms with Gasteiger partial charge in [0.1, 0.15) is 0 Å². The fourth-order valence-corrected chi connectivity index (χ4v) is 4.22. The van der Waals surface area contributed by atoms with Crippen LogP contribution in [0, 0.1) is 20.8 Å². The van der Waals surface area contributed by atoms with Crippen molar-refractivity contribution < 1.29 is 14.3 Å². The van der Waals surface area contributed by atoms with Crippen molar-refractivity contribution in [3.63, 3.8) is 0 Å². The Kier molecular flexibility index (Phi) is 5.17. The lowest BCUT2D eigenvalue weighted by Gasteiger charge is -2.35. The van der Waals surface area contributed by atoms with Crippen LogP contribution < -0.4 is 14.4 Å². The standard InChI is InChI=1S/C25H26N4O3/c1-16-12-18(3)20(13-17(16)2)21-5-7-24(27-26-21)28-8-10-29(11-9-28)25(30)19-4-6-22-23(14-19)32-15-31-22/h4-7,12-14H,8-11,15H2,1-3H3. The van der Waals surface area contributed by atoms with Gasteiger partial charge in [-0.05, 0) is 73.9 Å². The average Bonchev–Trinajstić information content (AvgIpc) is 3.29. The Morgan fingerprint density at radius 3 is 2.31 bits per heavy atom. The summed E-state index contributed by atoms with van der Waals surface area (Å²) >= 11 is 0. The lowest BCUT2D eigenvalue weighted by Crippen LogP contribution is -2.49. The number of benzene rings is 2. The van der Waals surface area contributed by atoms with Gasteiger partial charge in [0.15, 0.2) is 17.3 Å². The number of hydrogen-bond donors (Lipinski definition) is 0. The van der Waals surface area contributed by atoms with Crippen molar-refractivity contribution in [2.45, 2.75) is 20.8 Å². The number of ether oxygens (including phenoxy) is 2. The summed E-state index contributed by atoms with van der Waals surface area (Å²) in [5.41, 5.74) is 6.35. The van der Waals surface area contributed by atoms with Crippen LogP contribution in [0.3, 0.4) is 0 Å². The Bertz CT molecular complexity index is 1170. The maximum absolute atomic E-state index is 12.9. The minimum Gasteiger partial charge on any atom is -0.454 e. The van der Waals surface area contributed by atoms with Crippen LogP contribution in [0.4, 0.5) is 5.82 Å². The van der Waals surface area contributed by atoms with Gasteiger partial charge in [-0.3, -0.25) is 4.79 Å². The molecule has 0 radical (unpaired) electrons. The van der Waals surface area contributed by atoms with E-state index in [4.69, 9.17) is 9.47 Å².